The van der Waals surface area contributed by atoms with Gasteiger partial charge in [0.05, 0.1) is 13.3 Å². The van der Waals surface area contributed by atoms with Crippen LogP contribution in [0.1, 0.15) is 22.3 Å². The molecule has 0 fully saturated rings. The van der Waals surface area contributed by atoms with E-state index in [2.05, 4.69) is 10.5 Å². The summed E-state index contributed by atoms with van der Waals surface area (Å²) in [6.45, 7) is 4.00. The Balaban J connectivity index is 1.53. The summed E-state index contributed by atoms with van der Waals surface area (Å²) in [5.74, 6) is 1.10. The zero-order valence-corrected chi connectivity index (χ0v) is 18.2. The van der Waals surface area contributed by atoms with Crippen molar-refractivity contribution in [3.05, 3.63) is 88.7 Å². The van der Waals surface area contributed by atoms with Crippen molar-refractivity contribution in [3.8, 4) is 17.2 Å². The lowest BCUT2D eigenvalue weighted by Crippen LogP contribution is -2.25. The minimum Gasteiger partial charge on any atom is -0.493 e. The average Bonchev–Trinajstić information content (AvgIpc) is 2.78. The minimum absolute atomic E-state index is 0.136. The second kappa shape index (κ2) is 10.9. The van der Waals surface area contributed by atoms with Crippen molar-refractivity contribution < 1.29 is 23.4 Å². The number of methoxy groups -OCH3 is 1. The molecule has 0 atom stereocenters. The summed E-state index contributed by atoms with van der Waals surface area (Å²) in [5.41, 5.74) is 5.93. The van der Waals surface area contributed by atoms with E-state index in [1.54, 1.807) is 30.3 Å². The summed E-state index contributed by atoms with van der Waals surface area (Å²) < 4.78 is 29.8. The molecular formula is C25H25FN2O4. The molecule has 0 unspecified atom stereocenters. The number of carbonyl (C=O) groups excluding carboxylic acids is 1. The number of nitrogens with zero attached hydrogens (tertiary/aromatic N) is 1. The number of hydrogen-bond acceptors (Lipinski definition) is 5. The molecule has 0 aromatic heterocycles. The zero-order chi connectivity index (χ0) is 22.9. The van der Waals surface area contributed by atoms with Crippen LogP contribution in [0.3, 0.4) is 0 Å². The van der Waals surface area contributed by atoms with Crippen LogP contribution in [-0.2, 0) is 11.4 Å². The lowest BCUT2D eigenvalue weighted by molar-refractivity contribution is -0.123. The average molecular weight is 436 g/mol. The first-order valence-corrected chi connectivity index (χ1v) is 10.0. The Hall–Kier alpha value is -3.87. The van der Waals surface area contributed by atoms with Gasteiger partial charge in [-0.2, -0.15) is 5.10 Å². The van der Waals surface area contributed by atoms with Crippen LogP contribution >= 0.6 is 0 Å². The first kappa shape index (κ1) is 22.8. The molecule has 7 heteroatoms. The topological polar surface area (TPSA) is 69.2 Å². The number of carbonyl (C=O) groups is 1. The van der Waals surface area contributed by atoms with E-state index >= 15 is 0 Å². The van der Waals surface area contributed by atoms with Crippen LogP contribution in [-0.4, -0.2) is 25.8 Å². The highest BCUT2D eigenvalue weighted by Gasteiger charge is 2.08. The van der Waals surface area contributed by atoms with E-state index in [0.29, 0.717) is 22.8 Å². The van der Waals surface area contributed by atoms with Gasteiger partial charge in [-0.1, -0.05) is 30.3 Å². The van der Waals surface area contributed by atoms with Crippen LogP contribution in [0.5, 0.6) is 17.2 Å². The molecule has 0 aliphatic heterocycles. The molecule has 32 heavy (non-hydrogen) atoms. The molecule has 3 rings (SSSR count). The first-order chi connectivity index (χ1) is 15.5. The third-order valence-electron chi connectivity index (χ3n) is 4.65. The molecule has 6 nitrogen and oxygen atoms in total. The van der Waals surface area contributed by atoms with Gasteiger partial charge in [-0.25, -0.2) is 9.82 Å². The highest BCUT2D eigenvalue weighted by Crippen LogP contribution is 2.28. The lowest BCUT2D eigenvalue weighted by Gasteiger charge is -2.11. The van der Waals surface area contributed by atoms with E-state index in [0.717, 1.165) is 16.7 Å². The molecule has 0 aliphatic carbocycles. The number of para-hydroxylation sites is 1. The summed E-state index contributed by atoms with van der Waals surface area (Å²) in [6, 6.07) is 17.2. The third kappa shape index (κ3) is 6.31. The van der Waals surface area contributed by atoms with Crippen LogP contribution in [0, 0.1) is 19.7 Å². The molecule has 1 N–H and O–H groups in total. The Bertz CT molecular complexity index is 1080. The Morgan fingerprint density at radius 3 is 2.41 bits per heavy atom. The van der Waals surface area contributed by atoms with Gasteiger partial charge in [0.15, 0.2) is 18.1 Å². The van der Waals surface area contributed by atoms with Gasteiger partial charge in [0, 0.05) is 0 Å². The van der Waals surface area contributed by atoms with E-state index in [1.165, 1.54) is 25.5 Å². The maximum Gasteiger partial charge on any atom is 0.277 e. The van der Waals surface area contributed by atoms with Gasteiger partial charge in [0.1, 0.15) is 18.2 Å². The van der Waals surface area contributed by atoms with Crippen molar-refractivity contribution in [2.24, 2.45) is 5.10 Å². The summed E-state index contributed by atoms with van der Waals surface area (Å²) in [5, 5.41) is 3.97. The molecule has 0 saturated heterocycles. The van der Waals surface area contributed by atoms with Gasteiger partial charge in [-0.15, -0.1) is 0 Å². The quantitative estimate of drug-likeness (QED) is 0.394. The van der Waals surface area contributed by atoms with Crippen molar-refractivity contribution in [2.75, 3.05) is 13.7 Å². The number of amides is 1. The zero-order valence-electron chi connectivity index (χ0n) is 18.2. The standard InChI is InChI=1S/C25H25FN2O4/c1-17-5-4-6-18(2)25(17)32-16-24(29)28-27-14-20-9-12-22(23(13-20)30-3)31-15-19-7-10-21(26)11-8-19/h4-14H,15-16H2,1-3H3,(H,28,29)/b27-14-. The van der Waals surface area contributed by atoms with Crippen molar-refractivity contribution >= 4 is 12.1 Å². The maximum atomic E-state index is 13.0. The lowest BCUT2D eigenvalue weighted by atomic mass is 10.1. The number of aryl methyl sites for hydroxylation is 2. The van der Waals surface area contributed by atoms with Gasteiger partial charge in [0.2, 0.25) is 0 Å². The first-order valence-electron chi connectivity index (χ1n) is 10.0. The van der Waals surface area contributed by atoms with Crippen molar-refractivity contribution in [1.82, 2.24) is 5.43 Å². The Kier molecular flexibility index (Phi) is 7.80. The van der Waals surface area contributed by atoms with Crippen molar-refractivity contribution in [1.29, 1.82) is 0 Å². The smallest absolute Gasteiger partial charge is 0.277 e. The highest BCUT2D eigenvalue weighted by atomic mass is 19.1. The molecule has 1 amide bonds. The largest absolute Gasteiger partial charge is 0.493 e. The summed E-state index contributed by atoms with van der Waals surface area (Å²) in [4.78, 5) is 12.0. The van der Waals surface area contributed by atoms with Crippen LogP contribution in [0.2, 0.25) is 0 Å². The molecule has 0 radical (unpaired) electrons. The van der Waals surface area contributed by atoms with E-state index in [4.69, 9.17) is 14.2 Å². The monoisotopic (exact) mass is 436 g/mol. The predicted molar refractivity (Wildman–Crippen MR) is 121 cm³/mol. The molecule has 0 heterocycles. The fourth-order valence-electron chi connectivity index (χ4n) is 3.00. The summed E-state index contributed by atoms with van der Waals surface area (Å²) in [6.07, 6.45) is 1.50. The summed E-state index contributed by atoms with van der Waals surface area (Å²) >= 11 is 0. The normalized spacial score (nSPS) is 10.8. The van der Waals surface area contributed by atoms with Crippen LogP contribution < -0.4 is 19.6 Å². The molecule has 3 aromatic carbocycles. The van der Waals surface area contributed by atoms with Crippen molar-refractivity contribution in [3.63, 3.8) is 0 Å². The number of hydrazone groups is 1. The summed E-state index contributed by atoms with van der Waals surface area (Å²) in [7, 11) is 1.54. The Morgan fingerprint density at radius 2 is 1.72 bits per heavy atom. The van der Waals surface area contributed by atoms with Gasteiger partial charge < -0.3 is 14.2 Å². The van der Waals surface area contributed by atoms with Crippen LogP contribution in [0.4, 0.5) is 4.39 Å². The molecule has 0 saturated carbocycles. The number of rotatable bonds is 9. The Labute approximate surface area is 186 Å². The van der Waals surface area contributed by atoms with E-state index in [1.807, 2.05) is 32.0 Å². The second-order valence-electron chi connectivity index (χ2n) is 7.13. The van der Waals surface area contributed by atoms with Crippen LogP contribution in [0.15, 0.2) is 65.8 Å². The van der Waals surface area contributed by atoms with E-state index < -0.39 is 0 Å². The SMILES string of the molecule is COc1cc(/C=N\NC(=O)COc2c(C)cccc2C)ccc1OCc1ccc(F)cc1. The molecule has 0 spiro atoms. The van der Waals surface area contributed by atoms with Crippen molar-refractivity contribution in [2.45, 2.75) is 20.5 Å². The number of halogens is 1. The fourth-order valence-corrected chi connectivity index (χ4v) is 3.00. The van der Waals surface area contributed by atoms with Gasteiger partial charge in [0.25, 0.3) is 5.91 Å². The van der Waals surface area contributed by atoms with Gasteiger partial charge in [-0.3, -0.25) is 4.79 Å². The molecule has 3 aromatic rings. The Morgan fingerprint density at radius 1 is 1.00 bits per heavy atom. The number of hydrogen-bond donors (Lipinski definition) is 1. The number of nitrogens with one attached hydrogen (secondary N) is 1. The molecular weight excluding hydrogens is 411 g/mol. The highest BCUT2D eigenvalue weighted by molar-refractivity contribution is 5.83. The minimum atomic E-state index is -0.366. The molecule has 0 bridgehead atoms. The number of benzene rings is 3. The van der Waals surface area contributed by atoms with Crippen LogP contribution in [0.25, 0.3) is 0 Å². The fraction of sp³-hybridized carbons (Fsp3) is 0.200. The molecule has 166 valence electrons. The predicted octanol–water partition coefficient (Wildman–Crippen LogP) is 4.56. The van der Waals surface area contributed by atoms with Gasteiger partial charge >= 0.3 is 0 Å². The van der Waals surface area contributed by atoms with E-state index in [-0.39, 0.29) is 24.9 Å². The van der Waals surface area contributed by atoms with Gasteiger partial charge in [-0.05, 0) is 66.4 Å². The number of ether oxygens (including phenoxy) is 3. The second-order valence-corrected chi connectivity index (χ2v) is 7.13. The maximum absolute atomic E-state index is 13.0. The molecule has 0 aliphatic rings. The third-order valence-corrected chi connectivity index (χ3v) is 4.65. The van der Waals surface area contributed by atoms with E-state index in [9.17, 15) is 9.18 Å².